The normalized spacial score (nSPS) is 14.5. The summed E-state index contributed by atoms with van der Waals surface area (Å²) in [5.74, 6) is -0.185. The number of benzene rings is 3. The number of aryl methyl sites for hydroxylation is 1. The van der Waals surface area contributed by atoms with Crippen LogP contribution in [0, 0.1) is 6.92 Å². The average molecular weight is 463 g/mol. The minimum Gasteiger partial charge on any atom is -0.322 e. The molecule has 0 spiro atoms. The minimum atomic E-state index is -3.57. The van der Waals surface area contributed by atoms with Crippen molar-refractivity contribution in [2.45, 2.75) is 51.0 Å². The van der Waals surface area contributed by atoms with Crippen LogP contribution in [0.4, 0.5) is 5.69 Å². The molecular weight excluding hydrogens is 432 g/mol. The van der Waals surface area contributed by atoms with Crippen molar-refractivity contribution in [2.24, 2.45) is 0 Å². The first-order valence-corrected chi connectivity index (χ1v) is 12.6. The van der Waals surface area contributed by atoms with E-state index in [1.54, 1.807) is 12.1 Å². The molecule has 6 heteroatoms. The molecule has 0 unspecified atom stereocenters. The zero-order chi connectivity index (χ0) is 23.8. The van der Waals surface area contributed by atoms with Crippen molar-refractivity contribution in [1.29, 1.82) is 0 Å². The van der Waals surface area contributed by atoms with Gasteiger partial charge in [0.15, 0.2) is 0 Å². The van der Waals surface area contributed by atoms with Crippen molar-refractivity contribution >= 4 is 21.6 Å². The first-order valence-electron chi connectivity index (χ1n) is 11.1. The number of hydrogen-bond donors (Lipinski definition) is 1. The second-order valence-electron chi connectivity index (χ2n) is 9.67. The Balaban J connectivity index is 1.51. The predicted octanol–water partition coefficient (Wildman–Crippen LogP) is 5.29. The third-order valence-corrected chi connectivity index (χ3v) is 7.97. The molecule has 0 saturated heterocycles. The summed E-state index contributed by atoms with van der Waals surface area (Å²) in [5.41, 5.74) is 5.49. The number of nitrogens with one attached hydrogen (secondary N) is 1. The average Bonchev–Trinajstić information content (AvgIpc) is 2.78. The number of amides is 1. The summed E-state index contributed by atoms with van der Waals surface area (Å²) in [6.45, 7) is 9.07. The molecule has 5 nitrogen and oxygen atoms in total. The van der Waals surface area contributed by atoms with Crippen LogP contribution < -0.4 is 5.32 Å². The molecule has 4 rings (SSSR count). The first-order chi connectivity index (χ1) is 15.5. The van der Waals surface area contributed by atoms with E-state index in [1.165, 1.54) is 9.87 Å². The zero-order valence-corrected chi connectivity index (χ0v) is 20.4. The quantitative estimate of drug-likeness (QED) is 0.573. The summed E-state index contributed by atoms with van der Waals surface area (Å²) < 4.78 is 27.7. The van der Waals surface area contributed by atoms with Gasteiger partial charge in [-0.2, -0.15) is 4.31 Å². The topological polar surface area (TPSA) is 66.5 Å². The largest absolute Gasteiger partial charge is 0.322 e. The molecule has 0 saturated carbocycles. The van der Waals surface area contributed by atoms with Gasteiger partial charge >= 0.3 is 0 Å². The lowest BCUT2D eigenvalue weighted by Gasteiger charge is -2.28. The van der Waals surface area contributed by atoms with Gasteiger partial charge in [0, 0.05) is 24.3 Å². The van der Waals surface area contributed by atoms with E-state index in [1.807, 2.05) is 61.5 Å². The van der Waals surface area contributed by atoms with Crippen LogP contribution in [0.15, 0.2) is 71.6 Å². The third kappa shape index (κ3) is 5.02. The molecule has 0 aromatic heterocycles. The van der Waals surface area contributed by atoms with E-state index in [2.05, 4.69) is 26.1 Å². The fraction of sp³-hybridized carbons (Fsp3) is 0.296. The molecule has 0 bridgehead atoms. The predicted molar refractivity (Wildman–Crippen MR) is 132 cm³/mol. The summed E-state index contributed by atoms with van der Waals surface area (Å²) in [4.78, 5) is 13.1. The molecule has 1 heterocycles. The maximum atomic E-state index is 13.1. The Labute approximate surface area is 196 Å². The fourth-order valence-corrected chi connectivity index (χ4v) is 5.42. The van der Waals surface area contributed by atoms with E-state index in [0.29, 0.717) is 29.1 Å². The number of hydrogen-bond acceptors (Lipinski definition) is 3. The second kappa shape index (κ2) is 8.76. The van der Waals surface area contributed by atoms with Gasteiger partial charge in [0.2, 0.25) is 10.0 Å². The molecule has 0 aliphatic carbocycles. The highest BCUT2D eigenvalue weighted by atomic mass is 32.2. The minimum absolute atomic E-state index is 0.0261. The number of carbonyl (C=O) groups is 1. The number of anilines is 1. The Morgan fingerprint density at radius 1 is 0.909 bits per heavy atom. The summed E-state index contributed by atoms with van der Waals surface area (Å²) in [7, 11) is -3.57. The Hall–Kier alpha value is -2.96. The molecule has 3 aromatic carbocycles. The van der Waals surface area contributed by atoms with Gasteiger partial charge < -0.3 is 5.32 Å². The van der Waals surface area contributed by atoms with Gasteiger partial charge in [0.25, 0.3) is 5.91 Å². The Morgan fingerprint density at radius 2 is 1.58 bits per heavy atom. The van der Waals surface area contributed by atoms with Crippen LogP contribution in [0.2, 0.25) is 0 Å². The van der Waals surface area contributed by atoms with Crippen LogP contribution in [0.3, 0.4) is 0 Å². The fourth-order valence-electron chi connectivity index (χ4n) is 4.00. The summed E-state index contributed by atoms with van der Waals surface area (Å²) in [6.07, 6.45) is 0.642. The number of carbonyl (C=O) groups excluding carboxylic acids is 1. The van der Waals surface area contributed by atoms with E-state index >= 15 is 0 Å². The number of nitrogens with zero attached hydrogens (tertiary/aromatic N) is 1. The van der Waals surface area contributed by atoms with E-state index in [-0.39, 0.29) is 17.9 Å². The molecular formula is C27H30N2O3S. The standard InChI is InChI=1S/C27H30N2O3S/c1-19-5-13-25(14-6-19)33(31,32)29-16-15-20-9-12-24(17-22(20)18-29)28-26(30)21-7-10-23(11-8-21)27(2,3)4/h5-14,17H,15-16,18H2,1-4H3,(H,28,30). The Bertz CT molecular complexity index is 1270. The zero-order valence-electron chi connectivity index (χ0n) is 19.6. The maximum Gasteiger partial charge on any atom is 0.255 e. The monoisotopic (exact) mass is 462 g/mol. The first kappa shape index (κ1) is 23.2. The van der Waals surface area contributed by atoms with Crippen LogP contribution in [0.5, 0.6) is 0 Å². The van der Waals surface area contributed by atoms with Crippen molar-refractivity contribution in [3.8, 4) is 0 Å². The highest BCUT2D eigenvalue weighted by Crippen LogP contribution is 2.28. The number of sulfonamides is 1. The van der Waals surface area contributed by atoms with Gasteiger partial charge in [-0.3, -0.25) is 4.79 Å². The summed E-state index contributed by atoms with van der Waals surface area (Å²) in [6, 6.07) is 20.3. The molecule has 0 radical (unpaired) electrons. The van der Waals surface area contributed by atoms with Gasteiger partial charge in [-0.15, -0.1) is 0 Å². The van der Waals surface area contributed by atoms with Gasteiger partial charge in [-0.05, 0) is 71.8 Å². The molecule has 1 aliphatic heterocycles. The lowest BCUT2D eigenvalue weighted by molar-refractivity contribution is 0.102. The number of rotatable bonds is 4. The van der Waals surface area contributed by atoms with Gasteiger partial charge in [0.05, 0.1) is 4.90 Å². The van der Waals surface area contributed by atoms with Crippen molar-refractivity contribution in [1.82, 2.24) is 4.31 Å². The molecule has 33 heavy (non-hydrogen) atoms. The van der Waals surface area contributed by atoms with Gasteiger partial charge in [0.1, 0.15) is 0 Å². The van der Waals surface area contributed by atoms with Crippen LogP contribution >= 0.6 is 0 Å². The number of fused-ring (bicyclic) bond motifs is 1. The summed E-state index contributed by atoms with van der Waals surface area (Å²) in [5, 5.41) is 2.95. The molecule has 0 fully saturated rings. The van der Waals surface area contributed by atoms with E-state index < -0.39 is 10.0 Å². The van der Waals surface area contributed by atoms with Crippen molar-refractivity contribution in [2.75, 3.05) is 11.9 Å². The molecule has 1 aliphatic rings. The highest BCUT2D eigenvalue weighted by molar-refractivity contribution is 7.89. The van der Waals surface area contributed by atoms with E-state index in [4.69, 9.17) is 0 Å². The van der Waals surface area contributed by atoms with Crippen molar-refractivity contribution < 1.29 is 13.2 Å². The third-order valence-electron chi connectivity index (χ3n) is 6.11. The second-order valence-corrected chi connectivity index (χ2v) is 11.6. The van der Waals surface area contributed by atoms with Crippen molar-refractivity contribution in [3.05, 3.63) is 94.5 Å². The maximum absolute atomic E-state index is 13.1. The van der Waals surface area contributed by atoms with Crippen molar-refractivity contribution in [3.63, 3.8) is 0 Å². The Morgan fingerprint density at radius 3 is 2.21 bits per heavy atom. The van der Waals surface area contributed by atoms with Gasteiger partial charge in [-0.25, -0.2) is 8.42 Å². The lowest BCUT2D eigenvalue weighted by Crippen LogP contribution is -2.36. The summed E-state index contributed by atoms with van der Waals surface area (Å²) >= 11 is 0. The van der Waals surface area contributed by atoms with Crippen LogP contribution in [-0.4, -0.2) is 25.2 Å². The lowest BCUT2D eigenvalue weighted by atomic mass is 9.87. The van der Waals surface area contributed by atoms with E-state index in [0.717, 1.165) is 16.7 Å². The van der Waals surface area contributed by atoms with E-state index in [9.17, 15) is 13.2 Å². The van der Waals surface area contributed by atoms with Gasteiger partial charge in [-0.1, -0.05) is 56.7 Å². The molecule has 1 N–H and O–H groups in total. The molecule has 1 amide bonds. The smallest absolute Gasteiger partial charge is 0.255 e. The highest BCUT2D eigenvalue weighted by Gasteiger charge is 2.28. The molecule has 172 valence electrons. The molecule has 3 aromatic rings. The SMILES string of the molecule is Cc1ccc(S(=O)(=O)N2CCc3ccc(NC(=O)c4ccc(C(C)(C)C)cc4)cc3C2)cc1. The Kier molecular flexibility index (Phi) is 6.16. The van der Waals surface area contributed by atoms with Crippen LogP contribution in [0.1, 0.15) is 53.4 Å². The van der Waals surface area contributed by atoms with Crippen LogP contribution in [0.25, 0.3) is 0 Å². The van der Waals surface area contributed by atoms with Crippen LogP contribution in [-0.2, 0) is 28.4 Å². The molecule has 0 atom stereocenters.